The normalized spacial score (nSPS) is 11.3. The van der Waals surface area contributed by atoms with E-state index < -0.39 is 11.6 Å². The quantitative estimate of drug-likeness (QED) is 0.382. The molecule has 1 aromatic carbocycles. The second-order valence-corrected chi connectivity index (χ2v) is 7.20. The summed E-state index contributed by atoms with van der Waals surface area (Å²) in [6, 6.07) is 2.99. The van der Waals surface area contributed by atoms with Gasteiger partial charge in [0.1, 0.15) is 35.1 Å². The first-order chi connectivity index (χ1) is 13.5. The Morgan fingerprint density at radius 3 is 2.45 bits per heavy atom. The molecule has 5 N–H and O–H groups in total. The van der Waals surface area contributed by atoms with E-state index in [1.807, 2.05) is 20.8 Å². The molecular weight excluding hydrogens is 378 g/mol. The summed E-state index contributed by atoms with van der Waals surface area (Å²) in [6.07, 6.45) is 6.80. The zero-order valence-corrected chi connectivity index (χ0v) is 16.3. The molecule has 0 radical (unpaired) electrons. The van der Waals surface area contributed by atoms with E-state index in [9.17, 15) is 8.78 Å². The molecule has 7 nitrogen and oxygen atoms in total. The van der Waals surface area contributed by atoms with Crippen molar-refractivity contribution in [3.8, 4) is 11.3 Å². The Morgan fingerprint density at radius 1 is 1.21 bits per heavy atom. The number of oxazole rings is 1. The fraction of sp³-hybridized carbons (Fsp3) is 0.200. The second-order valence-electron chi connectivity index (χ2n) is 7.20. The van der Waals surface area contributed by atoms with Crippen molar-refractivity contribution >= 4 is 23.6 Å². The van der Waals surface area contributed by atoms with Crippen molar-refractivity contribution < 1.29 is 13.2 Å². The van der Waals surface area contributed by atoms with Crippen LogP contribution in [-0.2, 0) is 0 Å². The lowest BCUT2D eigenvalue weighted by Gasteiger charge is -2.06. The molecule has 0 unspecified atom stereocenters. The summed E-state index contributed by atoms with van der Waals surface area (Å²) < 4.78 is 34.1. The number of benzene rings is 1. The van der Waals surface area contributed by atoms with E-state index in [2.05, 4.69) is 4.98 Å². The molecular formula is C20H22F2N6O. The molecule has 0 saturated carbocycles. The predicted molar refractivity (Wildman–Crippen MR) is 109 cm³/mol. The molecule has 0 spiro atoms. The lowest BCUT2D eigenvalue weighted by atomic mass is 10.00. The first kappa shape index (κ1) is 21.7. The molecule has 0 atom stereocenters. The molecule has 2 aromatic heterocycles. The smallest absolute Gasteiger partial charge is 0.306 e. The van der Waals surface area contributed by atoms with E-state index in [0.29, 0.717) is 0 Å². The van der Waals surface area contributed by atoms with Crippen LogP contribution in [-0.4, -0.2) is 27.1 Å². The van der Waals surface area contributed by atoms with Crippen molar-refractivity contribution in [1.82, 2.24) is 9.38 Å². The molecule has 0 fully saturated rings. The van der Waals surface area contributed by atoms with E-state index >= 15 is 0 Å². The van der Waals surface area contributed by atoms with Crippen molar-refractivity contribution in [3.05, 3.63) is 60.1 Å². The number of hydrogen-bond acceptors (Lipinski definition) is 5. The lowest BCUT2D eigenvalue weighted by molar-refractivity contribution is 0.594. The summed E-state index contributed by atoms with van der Waals surface area (Å²) in [5.74, 6) is -1.39. The summed E-state index contributed by atoms with van der Waals surface area (Å²) >= 11 is 0. The largest absolute Gasteiger partial charge is 0.432 e. The van der Waals surface area contributed by atoms with Crippen molar-refractivity contribution in [1.29, 1.82) is 16.2 Å². The van der Waals surface area contributed by atoms with Gasteiger partial charge >= 0.3 is 5.84 Å². The number of aromatic nitrogens is 2. The minimum absolute atomic E-state index is 0.0690. The summed E-state index contributed by atoms with van der Waals surface area (Å²) in [5, 5.41) is 22.0. The highest BCUT2D eigenvalue weighted by atomic mass is 19.1. The van der Waals surface area contributed by atoms with E-state index in [0.717, 1.165) is 18.2 Å². The van der Waals surface area contributed by atoms with Crippen LogP contribution in [0, 0.1) is 33.3 Å². The van der Waals surface area contributed by atoms with Crippen LogP contribution in [0.3, 0.4) is 0 Å². The van der Waals surface area contributed by atoms with Gasteiger partial charge in [-0.25, -0.2) is 8.78 Å². The molecule has 0 aliphatic rings. The maximum absolute atomic E-state index is 14.1. The minimum Gasteiger partial charge on any atom is -0.432 e. The van der Waals surface area contributed by atoms with Crippen LogP contribution in [0.25, 0.3) is 17.1 Å². The number of nitrogens with two attached hydrogens (primary N) is 1. The number of nitrogens with zero attached hydrogens (tertiary/aromatic N) is 2. The molecule has 2 heterocycles. The summed E-state index contributed by atoms with van der Waals surface area (Å²) in [6.45, 7) is 6.00. The third kappa shape index (κ3) is 5.44. The van der Waals surface area contributed by atoms with Crippen LogP contribution in [0.1, 0.15) is 26.5 Å². The lowest BCUT2D eigenvalue weighted by Crippen LogP contribution is -2.07. The molecule has 152 valence electrons. The molecule has 0 aliphatic heterocycles. The van der Waals surface area contributed by atoms with Crippen molar-refractivity contribution in [2.24, 2.45) is 11.1 Å². The Hall–Kier alpha value is -3.62. The Bertz CT molecular complexity index is 1090. The van der Waals surface area contributed by atoms with Gasteiger partial charge in [0.25, 0.3) is 0 Å². The fourth-order valence-corrected chi connectivity index (χ4v) is 2.16. The van der Waals surface area contributed by atoms with Gasteiger partial charge in [-0.05, 0) is 35.8 Å². The Kier molecular flexibility index (Phi) is 6.42. The van der Waals surface area contributed by atoms with Gasteiger partial charge in [0, 0.05) is 18.0 Å². The molecule has 3 rings (SSSR count). The van der Waals surface area contributed by atoms with Crippen LogP contribution in [0.5, 0.6) is 0 Å². The van der Waals surface area contributed by atoms with E-state index in [1.165, 1.54) is 35.2 Å². The van der Waals surface area contributed by atoms with Crippen molar-refractivity contribution in [2.75, 3.05) is 0 Å². The average Bonchev–Trinajstić information content (AvgIpc) is 3.22. The highest BCUT2D eigenvalue weighted by Crippen LogP contribution is 2.28. The molecule has 0 aliphatic carbocycles. The molecule has 9 heteroatoms. The van der Waals surface area contributed by atoms with Gasteiger partial charge in [0.15, 0.2) is 0 Å². The molecule has 0 saturated heterocycles. The standard InChI is InChI=1S/C15H11F2N5O.C5H11N/c16-8-1-2-10(17)9(7-8)13-14(11(18)3-4-12(19)20)22-5-6-23-15(22)21-13;1-5(2,3)4-6/h1-7,18H,(H3,19,20);4,6H,1-3H3/b4-3-,18-11?;. The fourth-order valence-electron chi connectivity index (χ4n) is 2.16. The van der Waals surface area contributed by atoms with Gasteiger partial charge in [-0.1, -0.05) is 20.8 Å². The molecule has 0 amide bonds. The number of nitrogens with one attached hydrogen (secondary N) is 3. The van der Waals surface area contributed by atoms with E-state index in [4.69, 9.17) is 26.4 Å². The van der Waals surface area contributed by atoms with E-state index in [1.54, 1.807) is 0 Å². The average molecular weight is 400 g/mol. The molecule has 0 bridgehead atoms. The SMILES string of the molecule is CC(C)(C)C=N.N=C(N)/C=C\C(=N)c1c(-c2cc(F)ccc2F)nc2occn12. The minimum atomic E-state index is -0.670. The topological polar surface area (TPSA) is 128 Å². The van der Waals surface area contributed by atoms with Gasteiger partial charge in [-0.15, -0.1) is 0 Å². The second kappa shape index (κ2) is 8.59. The van der Waals surface area contributed by atoms with Gasteiger partial charge in [0.2, 0.25) is 0 Å². The summed E-state index contributed by atoms with van der Waals surface area (Å²) in [7, 11) is 0. The zero-order valence-electron chi connectivity index (χ0n) is 16.3. The number of imidazole rings is 1. The maximum Gasteiger partial charge on any atom is 0.306 e. The summed E-state index contributed by atoms with van der Waals surface area (Å²) in [5.41, 5.74) is 5.43. The zero-order chi connectivity index (χ0) is 21.8. The number of allylic oxidation sites excluding steroid dienone is 1. The van der Waals surface area contributed by atoms with Crippen LogP contribution in [0.15, 0.2) is 47.2 Å². The van der Waals surface area contributed by atoms with E-state index in [-0.39, 0.29) is 39.8 Å². The monoisotopic (exact) mass is 400 g/mol. The van der Waals surface area contributed by atoms with Crippen LogP contribution >= 0.6 is 0 Å². The van der Waals surface area contributed by atoms with Gasteiger partial charge in [-0.2, -0.15) is 4.98 Å². The molecule has 3 aromatic rings. The number of fused-ring (bicyclic) bond motifs is 1. The first-order valence-electron chi connectivity index (χ1n) is 8.57. The third-order valence-electron chi connectivity index (χ3n) is 3.56. The van der Waals surface area contributed by atoms with Gasteiger partial charge < -0.3 is 15.6 Å². The number of halogens is 2. The summed E-state index contributed by atoms with van der Waals surface area (Å²) in [4.78, 5) is 4.12. The van der Waals surface area contributed by atoms with Crippen molar-refractivity contribution in [3.63, 3.8) is 0 Å². The number of hydrogen-bond donors (Lipinski definition) is 4. The van der Waals surface area contributed by atoms with Crippen LogP contribution in [0.4, 0.5) is 8.78 Å². The number of amidine groups is 1. The molecule has 29 heavy (non-hydrogen) atoms. The highest BCUT2D eigenvalue weighted by Gasteiger charge is 2.21. The van der Waals surface area contributed by atoms with Crippen LogP contribution in [0.2, 0.25) is 0 Å². The Balaban J connectivity index is 0.000000438. The highest BCUT2D eigenvalue weighted by molar-refractivity contribution is 6.12. The maximum atomic E-state index is 14.1. The van der Waals surface area contributed by atoms with Crippen LogP contribution < -0.4 is 5.73 Å². The number of rotatable bonds is 4. The Morgan fingerprint density at radius 2 is 1.86 bits per heavy atom. The first-order valence-corrected chi connectivity index (χ1v) is 8.57. The Labute approximate surface area is 166 Å². The van der Waals surface area contributed by atoms with Crippen molar-refractivity contribution in [2.45, 2.75) is 20.8 Å². The third-order valence-corrected chi connectivity index (χ3v) is 3.56. The van der Waals surface area contributed by atoms with Gasteiger partial charge in [-0.3, -0.25) is 15.2 Å². The predicted octanol–water partition coefficient (Wildman–Crippen LogP) is 4.41. The van der Waals surface area contributed by atoms with Gasteiger partial charge in [0.05, 0.1) is 5.71 Å².